The highest BCUT2D eigenvalue weighted by Gasteiger charge is 2.64. The van der Waals surface area contributed by atoms with Crippen molar-refractivity contribution in [2.45, 2.75) is 56.3 Å². The third-order valence-electron chi connectivity index (χ3n) is 5.64. The number of thioether (sulfide) groups is 1. The molecule has 2 fully saturated rings. The number of fused-ring (bicyclic) bond motifs is 1. The van der Waals surface area contributed by atoms with E-state index in [1.54, 1.807) is 4.90 Å². The predicted octanol–water partition coefficient (Wildman–Crippen LogP) is 1.19. The van der Waals surface area contributed by atoms with Crippen LogP contribution < -0.4 is 5.32 Å². The summed E-state index contributed by atoms with van der Waals surface area (Å²) >= 11 is 1.46. The Balaban J connectivity index is 1.60. The van der Waals surface area contributed by atoms with Crippen LogP contribution in [0.3, 0.4) is 0 Å². The van der Waals surface area contributed by atoms with Gasteiger partial charge in [0.1, 0.15) is 17.5 Å². The zero-order valence-electron chi connectivity index (χ0n) is 18.3. The number of nitrogens with zero attached hydrogens (tertiary/aromatic N) is 2. The van der Waals surface area contributed by atoms with Crippen molar-refractivity contribution in [1.82, 2.24) is 15.1 Å². The average molecular weight is 448 g/mol. The highest BCUT2D eigenvalue weighted by Crippen LogP contribution is 2.51. The predicted molar refractivity (Wildman–Crippen MR) is 117 cm³/mol. The van der Waals surface area contributed by atoms with Gasteiger partial charge in [-0.2, -0.15) is 0 Å². The van der Waals surface area contributed by atoms with Gasteiger partial charge in [-0.05, 0) is 33.3 Å². The number of amides is 3. The lowest BCUT2D eigenvalue weighted by Gasteiger charge is -2.44. The second kappa shape index (κ2) is 9.30. The Kier molecular flexibility index (Phi) is 6.93. The fraction of sp³-hybridized carbons (Fsp3) is 0.545. The summed E-state index contributed by atoms with van der Waals surface area (Å²) in [6.45, 7) is 8.17. The SMILES string of the molecule is CCN(CC)C(=O)COC(=O)[C@@H]1N2C(=O)C(NC(=O)Cc3ccccc3)[C@H]2SC1(C)C. The van der Waals surface area contributed by atoms with Crippen molar-refractivity contribution in [2.75, 3.05) is 19.7 Å². The normalized spacial score (nSPS) is 23.5. The molecule has 3 atom stereocenters. The van der Waals surface area contributed by atoms with E-state index < -0.39 is 22.8 Å². The number of benzene rings is 1. The number of likely N-dealkylation sites (N-methyl/N-ethyl adjacent to an activating group) is 1. The van der Waals surface area contributed by atoms with Gasteiger partial charge >= 0.3 is 5.97 Å². The highest BCUT2D eigenvalue weighted by molar-refractivity contribution is 8.01. The second-order valence-electron chi connectivity index (χ2n) is 8.14. The monoisotopic (exact) mass is 447 g/mol. The van der Waals surface area contributed by atoms with E-state index in [1.165, 1.54) is 16.7 Å². The van der Waals surface area contributed by atoms with Gasteiger partial charge in [0.05, 0.1) is 6.42 Å². The maximum absolute atomic E-state index is 12.8. The van der Waals surface area contributed by atoms with Gasteiger partial charge in [-0.3, -0.25) is 14.4 Å². The molecule has 0 bridgehead atoms. The summed E-state index contributed by atoms with van der Waals surface area (Å²) in [5, 5.41) is 2.46. The van der Waals surface area contributed by atoms with E-state index in [-0.39, 0.29) is 36.1 Å². The largest absolute Gasteiger partial charge is 0.454 e. The minimum atomic E-state index is -0.804. The van der Waals surface area contributed by atoms with Crippen molar-refractivity contribution in [2.24, 2.45) is 0 Å². The molecule has 8 nitrogen and oxygen atoms in total. The van der Waals surface area contributed by atoms with Crippen molar-refractivity contribution in [3.05, 3.63) is 35.9 Å². The van der Waals surface area contributed by atoms with E-state index in [1.807, 2.05) is 58.0 Å². The van der Waals surface area contributed by atoms with E-state index >= 15 is 0 Å². The van der Waals surface area contributed by atoms with Crippen LogP contribution in [0.4, 0.5) is 0 Å². The number of hydrogen-bond donors (Lipinski definition) is 1. The minimum Gasteiger partial charge on any atom is -0.454 e. The lowest BCUT2D eigenvalue weighted by atomic mass is 9.96. The molecule has 0 radical (unpaired) electrons. The van der Waals surface area contributed by atoms with Crippen molar-refractivity contribution in [3.8, 4) is 0 Å². The van der Waals surface area contributed by atoms with Crippen LogP contribution in [0.2, 0.25) is 0 Å². The first-order chi connectivity index (χ1) is 14.7. The number of β-lactam (4-membered cyclic amide) rings is 1. The molecule has 1 unspecified atom stereocenters. The third-order valence-corrected chi connectivity index (χ3v) is 7.21. The molecule has 0 spiro atoms. The molecule has 2 aliphatic rings. The minimum absolute atomic E-state index is 0.185. The van der Waals surface area contributed by atoms with Gasteiger partial charge in [0.15, 0.2) is 6.61 Å². The van der Waals surface area contributed by atoms with E-state index in [0.717, 1.165) is 5.56 Å². The maximum Gasteiger partial charge on any atom is 0.330 e. The summed E-state index contributed by atoms with van der Waals surface area (Å²) in [5.74, 6) is -1.40. The molecule has 0 saturated carbocycles. The van der Waals surface area contributed by atoms with Crippen LogP contribution in [0.5, 0.6) is 0 Å². The molecule has 1 aromatic carbocycles. The molecule has 1 aromatic rings. The molecular formula is C22H29N3O5S. The van der Waals surface area contributed by atoms with Gasteiger partial charge in [-0.25, -0.2) is 4.79 Å². The summed E-state index contributed by atoms with van der Waals surface area (Å²) in [5.41, 5.74) is 0.863. The topological polar surface area (TPSA) is 96.0 Å². The van der Waals surface area contributed by atoms with Crippen molar-refractivity contribution in [3.63, 3.8) is 0 Å². The van der Waals surface area contributed by atoms with Crippen molar-refractivity contribution >= 4 is 35.5 Å². The molecule has 2 aliphatic heterocycles. The highest BCUT2D eigenvalue weighted by atomic mass is 32.2. The van der Waals surface area contributed by atoms with Crippen LogP contribution in [-0.4, -0.2) is 75.4 Å². The van der Waals surface area contributed by atoms with Crippen molar-refractivity contribution in [1.29, 1.82) is 0 Å². The molecule has 3 rings (SSSR count). The molecule has 0 aliphatic carbocycles. The lowest BCUT2D eigenvalue weighted by Crippen LogP contribution is -2.70. The van der Waals surface area contributed by atoms with E-state index in [4.69, 9.17) is 4.74 Å². The lowest BCUT2D eigenvalue weighted by molar-refractivity contribution is -0.166. The molecule has 9 heteroatoms. The zero-order valence-corrected chi connectivity index (χ0v) is 19.1. The van der Waals surface area contributed by atoms with Gasteiger partial charge < -0.3 is 19.9 Å². The Bertz CT molecular complexity index is 856. The molecular weight excluding hydrogens is 418 g/mol. The Morgan fingerprint density at radius 2 is 1.81 bits per heavy atom. The van der Waals surface area contributed by atoms with Crippen molar-refractivity contribution < 1.29 is 23.9 Å². The fourth-order valence-electron chi connectivity index (χ4n) is 4.01. The third kappa shape index (κ3) is 4.71. The number of hydrogen-bond acceptors (Lipinski definition) is 6. The first-order valence-electron chi connectivity index (χ1n) is 10.5. The zero-order chi connectivity index (χ0) is 22.8. The second-order valence-corrected chi connectivity index (χ2v) is 9.91. The Morgan fingerprint density at radius 3 is 2.42 bits per heavy atom. The van der Waals surface area contributed by atoms with E-state index in [0.29, 0.717) is 13.1 Å². The average Bonchev–Trinajstić information content (AvgIpc) is 2.99. The van der Waals surface area contributed by atoms with Gasteiger partial charge in [0.2, 0.25) is 11.8 Å². The molecule has 168 valence electrons. The van der Waals surface area contributed by atoms with Crippen LogP contribution in [0.1, 0.15) is 33.3 Å². The summed E-state index contributed by atoms with van der Waals surface area (Å²) in [7, 11) is 0. The first-order valence-corrected chi connectivity index (χ1v) is 11.3. The van der Waals surface area contributed by atoms with Crippen LogP contribution in [0.15, 0.2) is 30.3 Å². The maximum atomic E-state index is 12.8. The van der Waals surface area contributed by atoms with Gasteiger partial charge in [-0.1, -0.05) is 30.3 Å². The summed E-state index contributed by atoms with van der Waals surface area (Å²) in [6, 6.07) is 7.82. The first kappa shape index (κ1) is 23.1. The molecule has 2 heterocycles. The smallest absolute Gasteiger partial charge is 0.330 e. The number of carbonyl (C=O) groups is 4. The summed E-state index contributed by atoms with van der Waals surface area (Å²) in [4.78, 5) is 53.2. The van der Waals surface area contributed by atoms with Gasteiger partial charge in [-0.15, -0.1) is 11.8 Å². The molecule has 3 amide bonds. The molecule has 31 heavy (non-hydrogen) atoms. The Morgan fingerprint density at radius 1 is 1.16 bits per heavy atom. The summed E-state index contributed by atoms with van der Waals surface area (Å²) in [6.07, 6.45) is 0.185. The van der Waals surface area contributed by atoms with Crippen LogP contribution in [0.25, 0.3) is 0 Å². The quantitative estimate of drug-likeness (QED) is 0.475. The molecule has 0 aromatic heterocycles. The van der Waals surface area contributed by atoms with Crippen LogP contribution in [-0.2, 0) is 30.3 Å². The number of carbonyl (C=O) groups excluding carboxylic acids is 4. The molecule has 1 N–H and O–H groups in total. The standard InChI is InChI=1S/C22H29N3O5S/c1-5-24(6-2)16(27)13-30-21(29)18-22(3,4)31-20-17(19(28)25(18)20)23-15(26)12-14-10-8-7-9-11-14/h7-11,17-18,20H,5-6,12-13H2,1-4H3,(H,23,26)/t17?,18-,20+/m0/s1. The molecule has 2 saturated heterocycles. The Labute approximate surface area is 186 Å². The Hall–Kier alpha value is -2.55. The fourth-order valence-corrected chi connectivity index (χ4v) is 5.63. The van der Waals surface area contributed by atoms with Crippen LogP contribution in [0, 0.1) is 0 Å². The number of rotatable bonds is 8. The number of ether oxygens (including phenoxy) is 1. The van der Waals surface area contributed by atoms with E-state index in [9.17, 15) is 19.2 Å². The number of esters is 1. The number of nitrogens with one attached hydrogen (secondary N) is 1. The van der Waals surface area contributed by atoms with Gasteiger partial charge in [0.25, 0.3) is 5.91 Å². The van der Waals surface area contributed by atoms with Crippen LogP contribution >= 0.6 is 11.8 Å². The van der Waals surface area contributed by atoms with Gasteiger partial charge in [0, 0.05) is 17.8 Å². The van der Waals surface area contributed by atoms with E-state index in [2.05, 4.69) is 5.32 Å². The summed E-state index contributed by atoms with van der Waals surface area (Å²) < 4.78 is 4.68.